The Morgan fingerprint density at radius 1 is 1.15 bits per heavy atom. The summed E-state index contributed by atoms with van der Waals surface area (Å²) in [6.07, 6.45) is 3.42. The molecule has 5 nitrogen and oxygen atoms in total. The van der Waals surface area contributed by atoms with Gasteiger partial charge in [-0.25, -0.2) is 4.79 Å². The van der Waals surface area contributed by atoms with E-state index in [0.717, 1.165) is 12.0 Å². The summed E-state index contributed by atoms with van der Waals surface area (Å²) in [5.74, 6) is -2.24. The average Bonchev–Trinajstić information content (AvgIpc) is 2.84. The third kappa shape index (κ3) is 5.91. The molecule has 0 fully saturated rings. The summed E-state index contributed by atoms with van der Waals surface area (Å²) >= 11 is 8.05. The fraction of sp³-hybridized carbons (Fsp3) is 0.370. The van der Waals surface area contributed by atoms with Gasteiger partial charge in [-0.05, 0) is 56.2 Å². The maximum atomic E-state index is 13.1. The quantitative estimate of drug-likeness (QED) is 0.374. The number of thioether (sulfide) groups is 1. The molecule has 0 bridgehead atoms. The van der Waals surface area contributed by atoms with E-state index in [2.05, 4.69) is 18.4 Å². The van der Waals surface area contributed by atoms with E-state index in [1.807, 2.05) is 37.3 Å². The normalized spacial score (nSPS) is 18.8. The van der Waals surface area contributed by atoms with Crippen LogP contribution < -0.4 is 0 Å². The Labute approximate surface area is 210 Å². The molecule has 1 heterocycles. The van der Waals surface area contributed by atoms with Crippen molar-refractivity contribution in [1.82, 2.24) is 0 Å². The maximum Gasteiger partial charge on any atom is 0.336 e. The number of nitrogens with zero attached hydrogens (tertiary/aromatic N) is 1. The molecule has 1 aliphatic heterocycles. The van der Waals surface area contributed by atoms with Crippen LogP contribution >= 0.6 is 23.4 Å². The lowest BCUT2D eigenvalue weighted by Gasteiger charge is -2.32. The van der Waals surface area contributed by atoms with Gasteiger partial charge in [0.25, 0.3) is 0 Å². The summed E-state index contributed by atoms with van der Waals surface area (Å²) in [6.45, 7) is 3.81. The van der Waals surface area contributed by atoms with Gasteiger partial charge in [0.1, 0.15) is 5.92 Å². The van der Waals surface area contributed by atoms with E-state index in [1.165, 1.54) is 12.7 Å². The summed E-state index contributed by atoms with van der Waals surface area (Å²) < 4.78 is 10.6. The molecule has 7 heteroatoms. The van der Waals surface area contributed by atoms with E-state index in [0.29, 0.717) is 28.4 Å². The number of benzene rings is 2. The first-order valence-electron chi connectivity index (χ1n) is 11.3. The Hall–Kier alpha value is -2.57. The number of carbonyl (C=O) groups excluding carboxylic acids is 2. The zero-order valence-corrected chi connectivity index (χ0v) is 21.5. The first kappa shape index (κ1) is 26.0. The molecule has 1 aliphatic rings. The van der Waals surface area contributed by atoms with Crippen molar-refractivity contribution in [3.8, 4) is 0 Å². The largest absolute Gasteiger partial charge is 0.466 e. The first-order valence-corrected chi connectivity index (χ1v) is 12.9. The van der Waals surface area contributed by atoms with Gasteiger partial charge in [0.2, 0.25) is 0 Å². The summed E-state index contributed by atoms with van der Waals surface area (Å²) in [5.41, 5.74) is 3.63. The molecule has 0 radical (unpaired) electrons. The lowest BCUT2D eigenvalue weighted by atomic mass is 9.75. The van der Waals surface area contributed by atoms with Crippen LogP contribution in [0.4, 0.5) is 0 Å². The number of esters is 2. The van der Waals surface area contributed by atoms with Crippen LogP contribution in [0.3, 0.4) is 0 Å². The second kappa shape index (κ2) is 12.2. The monoisotopic (exact) mass is 499 g/mol. The highest BCUT2D eigenvalue weighted by molar-refractivity contribution is 7.98. The topological polar surface area (TPSA) is 65.0 Å². The smallest absolute Gasteiger partial charge is 0.336 e. The van der Waals surface area contributed by atoms with Crippen LogP contribution in [0.25, 0.3) is 0 Å². The van der Waals surface area contributed by atoms with Crippen LogP contribution in [0, 0.1) is 5.92 Å². The number of hydrogen-bond acceptors (Lipinski definition) is 6. The SMILES string of the molecule is CCOC(=O)C1C(C)=NC(CCC(SC)c2ccccc2)=C(C(=O)OC)C1c1cccc(Cl)c1. The van der Waals surface area contributed by atoms with E-state index in [1.54, 1.807) is 30.8 Å². The van der Waals surface area contributed by atoms with E-state index in [4.69, 9.17) is 26.1 Å². The second-order valence-corrected chi connectivity index (χ2v) is 9.52. The van der Waals surface area contributed by atoms with E-state index in [9.17, 15) is 9.59 Å². The van der Waals surface area contributed by atoms with Crippen LogP contribution in [-0.2, 0) is 19.1 Å². The lowest BCUT2D eigenvalue weighted by Crippen LogP contribution is -2.36. The predicted molar refractivity (Wildman–Crippen MR) is 138 cm³/mol. The highest BCUT2D eigenvalue weighted by Crippen LogP contribution is 2.43. The van der Waals surface area contributed by atoms with E-state index >= 15 is 0 Å². The van der Waals surface area contributed by atoms with Crippen molar-refractivity contribution in [2.75, 3.05) is 20.0 Å². The summed E-state index contributed by atoms with van der Waals surface area (Å²) in [7, 11) is 1.35. The molecule has 0 saturated carbocycles. The van der Waals surface area contributed by atoms with Crippen molar-refractivity contribution in [2.45, 2.75) is 37.9 Å². The Bertz CT molecular complexity index is 1080. The number of carbonyl (C=O) groups is 2. The minimum atomic E-state index is -0.735. The fourth-order valence-corrected chi connectivity index (χ4v) is 5.41. The number of allylic oxidation sites excluding steroid dienone is 1. The van der Waals surface area contributed by atoms with Crippen molar-refractivity contribution >= 4 is 41.0 Å². The molecule has 3 unspecified atom stereocenters. The Kier molecular flexibility index (Phi) is 9.36. The minimum absolute atomic E-state index is 0.238. The zero-order valence-electron chi connectivity index (χ0n) is 19.9. The molecule has 3 rings (SSSR count). The van der Waals surface area contributed by atoms with Crippen LogP contribution in [0.15, 0.2) is 70.9 Å². The molecular formula is C27H30ClNO4S. The molecule has 34 heavy (non-hydrogen) atoms. The lowest BCUT2D eigenvalue weighted by molar-refractivity contribution is -0.146. The predicted octanol–water partition coefficient (Wildman–Crippen LogP) is 6.39. The highest BCUT2D eigenvalue weighted by atomic mass is 35.5. The standard InChI is InChI=1S/C27H30ClNO4S/c1-5-33-27(31)23-17(2)29-21(14-15-22(34-4)18-10-7-6-8-11-18)25(26(30)32-3)24(23)19-12-9-13-20(28)16-19/h6-13,16,22-24H,5,14-15H2,1-4H3. The fourth-order valence-electron chi connectivity index (χ4n) is 4.43. The number of aliphatic imine (C=N–C) groups is 1. The van der Waals surface area contributed by atoms with Crippen LogP contribution in [-0.4, -0.2) is 37.6 Å². The molecule has 0 aliphatic carbocycles. The van der Waals surface area contributed by atoms with E-state index in [-0.39, 0.29) is 11.9 Å². The third-order valence-electron chi connectivity index (χ3n) is 5.97. The summed E-state index contributed by atoms with van der Waals surface area (Å²) in [5, 5.41) is 0.771. The average molecular weight is 500 g/mol. The van der Waals surface area contributed by atoms with Crippen molar-refractivity contribution in [3.63, 3.8) is 0 Å². The minimum Gasteiger partial charge on any atom is -0.466 e. The molecule has 0 saturated heterocycles. The molecule has 0 N–H and O–H groups in total. The molecule has 180 valence electrons. The Morgan fingerprint density at radius 2 is 1.88 bits per heavy atom. The zero-order chi connectivity index (χ0) is 24.7. The number of halogens is 1. The van der Waals surface area contributed by atoms with E-state index < -0.39 is 23.8 Å². The molecule has 2 aromatic carbocycles. The second-order valence-electron chi connectivity index (χ2n) is 8.04. The molecule has 0 amide bonds. The first-order chi connectivity index (χ1) is 16.4. The third-order valence-corrected chi connectivity index (χ3v) is 7.28. The molecule has 0 spiro atoms. The highest BCUT2D eigenvalue weighted by Gasteiger charge is 2.43. The van der Waals surface area contributed by atoms with Crippen LogP contribution in [0.2, 0.25) is 5.02 Å². The number of methoxy groups -OCH3 is 1. The molecular weight excluding hydrogens is 470 g/mol. The van der Waals surface area contributed by atoms with Gasteiger partial charge in [0, 0.05) is 21.9 Å². The van der Waals surface area contributed by atoms with Crippen LogP contribution in [0.1, 0.15) is 49.0 Å². The van der Waals surface area contributed by atoms with Gasteiger partial charge >= 0.3 is 11.9 Å². The molecule has 2 aromatic rings. The Morgan fingerprint density at radius 3 is 2.50 bits per heavy atom. The van der Waals surface area contributed by atoms with Gasteiger partial charge in [-0.2, -0.15) is 11.8 Å². The van der Waals surface area contributed by atoms with Gasteiger partial charge in [-0.3, -0.25) is 9.79 Å². The van der Waals surface area contributed by atoms with Crippen molar-refractivity contribution < 1.29 is 19.1 Å². The Balaban J connectivity index is 2.08. The number of rotatable bonds is 9. The van der Waals surface area contributed by atoms with Crippen molar-refractivity contribution in [2.24, 2.45) is 10.9 Å². The van der Waals surface area contributed by atoms with Gasteiger partial charge in [0.15, 0.2) is 0 Å². The van der Waals surface area contributed by atoms with Gasteiger partial charge < -0.3 is 9.47 Å². The van der Waals surface area contributed by atoms with Crippen LogP contribution in [0.5, 0.6) is 0 Å². The summed E-state index contributed by atoms with van der Waals surface area (Å²) in [6, 6.07) is 17.5. The number of ether oxygens (including phenoxy) is 2. The molecule has 3 atom stereocenters. The van der Waals surface area contributed by atoms with Gasteiger partial charge in [-0.15, -0.1) is 0 Å². The maximum absolute atomic E-state index is 13.1. The van der Waals surface area contributed by atoms with Gasteiger partial charge in [-0.1, -0.05) is 54.1 Å². The molecule has 0 aromatic heterocycles. The summed E-state index contributed by atoms with van der Waals surface area (Å²) in [4.78, 5) is 30.9. The van der Waals surface area contributed by atoms with Crippen molar-refractivity contribution in [1.29, 1.82) is 0 Å². The number of hydrogen-bond donors (Lipinski definition) is 0. The van der Waals surface area contributed by atoms with Crippen molar-refractivity contribution in [3.05, 3.63) is 82.0 Å². The van der Waals surface area contributed by atoms with Gasteiger partial charge in [0.05, 0.1) is 25.0 Å².